The number of aromatic nitrogens is 3. The van der Waals surface area contributed by atoms with Gasteiger partial charge in [-0.2, -0.15) is 0 Å². The summed E-state index contributed by atoms with van der Waals surface area (Å²) >= 11 is 0. The van der Waals surface area contributed by atoms with E-state index in [1.807, 2.05) is 24.0 Å². The van der Waals surface area contributed by atoms with Crippen LogP contribution in [0.1, 0.15) is 51.9 Å². The van der Waals surface area contributed by atoms with Gasteiger partial charge in [-0.3, -0.25) is 19.1 Å². The van der Waals surface area contributed by atoms with Crippen molar-refractivity contribution >= 4 is 22.9 Å². The molecule has 0 N–H and O–H groups in total. The lowest BCUT2D eigenvalue weighted by molar-refractivity contribution is -0.138. The fourth-order valence-corrected chi connectivity index (χ4v) is 5.94. The number of fused-ring (bicyclic) bond motifs is 1. The minimum Gasteiger partial charge on any atom is -0.351 e. The first-order valence-electron chi connectivity index (χ1n) is 12.8. The number of piperazine rings is 1. The molecule has 1 atom stereocenters. The van der Waals surface area contributed by atoms with Gasteiger partial charge in [0.15, 0.2) is 11.5 Å². The largest absolute Gasteiger partial charge is 0.351 e. The summed E-state index contributed by atoms with van der Waals surface area (Å²) in [5, 5.41) is 0. The van der Waals surface area contributed by atoms with Crippen molar-refractivity contribution < 1.29 is 4.79 Å². The van der Waals surface area contributed by atoms with Gasteiger partial charge in [0.25, 0.3) is 5.56 Å². The standard InChI is InChI=1S/C25H36N6O2/c1-2-31-22-21(11-6-12-26-22)27-23(25(31)33)30-13-7-8-19(18-30)24(32)29-16-14-28(15-17-29)20-9-4-3-5-10-20/h6,11-12,19-20H,2-5,7-10,13-18H2,1H3. The zero-order valence-electron chi connectivity index (χ0n) is 19.8. The Hall–Kier alpha value is -2.48. The molecule has 2 aromatic heterocycles. The molecule has 1 aliphatic carbocycles. The molecule has 2 aromatic rings. The van der Waals surface area contributed by atoms with Gasteiger partial charge in [0, 0.05) is 58.1 Å². The molecule has 33 heavy (non-hydrogen) atoms. The van der Waals surface area contributed by atoms with E-state index >= 15 is 0 Å². The second kappa shape index (κ2) is 9.79. The number of rotatable bonds is 4. The number of carbonyl (C=O) groups excluding carboxylic acids is 1. The predicted octanol–water partition coefficient (Wildman–Crippen LogP) is 2.50. The minimum absolute atomic E-state index is 0.0687. The summed E-state index contributed by atoms with van der Waals surface area (Å²) in [6, 6.07) is 4.46. The van der Waals surface area contributed by atoms with Crippen molar-refractivity contribution in [1.29, 1.82) is 0 Å². The summed E-state index contributed by atoms with van der Waals surface area (Å²) in [6.45, 7) is 7.47. The fraction of sp³-hybridized carbons (Fsp3) is 0.680. The number of amides is 1. The second-order valence-electron chi connectivity index (χ2n) is 9.77. The number of aryl methyl sites for hydroxylation is 1. The third kappa shape index (κ3) is 4.50. The number of pyridine rings is 1. The van der Waals surface area contributed by atoms with Gasteiger partial charge >= 0.3 is 0 Å². The molecule has 0 aromatic carbocycles. The molecule has 3 fully saturated rings. The first kappa shape index (κ1) is 22.3. The Morgan fingerprint density at radius 2 is 1.82 bits per heavy atom. The van der Waals surface area contributed by atoms with E-state index in [0.717, 1.165) is 57.1 Å². The van der Waals surface area contributed by atoms with Gasteiger partial charge in [0.05, 0.1) is 5.92 Å². The highest BCUT2D eigenvalue weighted by molar-refractivity contribution is 5.80. The highest BCUT2D eigenvalue weighted by Gasteiger charge is 2.34. The monoisotopic (exact) mass is 452 g/mol. The van der Waals surface area contributed by atoms with Gasteiger partial charge in [0.2, 0.25) is 5.91 Å². The van der Waals surface area contributed by atoms with Crippen molar-refractivity contribution in [3.05, 3.63) is 28.7 Å². The molecule has 178 valence electrons. The van der Waals surface area contributed by atoms with Crippen molar-refractivity contribution in [3.8, 4) is 0 Å². The topological polar surface area (TPSA) is 74.6 Å². The molecule has 8 nitrogen and oxygen atoms in total. The Balaban J connectivity index is 1.27. The molecule has 2 saturated heterocycles. The first-order valence-corrected chi connectivity index (χ1v) is 12.8. The molecule has 3 aliphatic rings. The van der Waals surface area contributed by atoms with Crippen LogP contribution >= 0.6 is 0 Å². The summed E-state index contributed by atoms with van der Waals surface area (Å²) in [6.07, 6.45) is 10.2. The van der Waals surface area contributed by atoms with E-state index in [0.29, 0.717) is 24.6 Å². The number of hydrogen-bond acceptors (Lipinski definition) is 6. The van der Waals surface area contributed by atoms with Crippen molar-refractivity contribution in [2.75, 3.05) is 44.2 Å². The highest BCUT2D eigenvalue weighted by Crippen LogP contribution is 2.26. The Morgan fingerprint density at radius 1 is 1.03 bits per heavy atom. The predicted molar refractivity (Wildman–Crippen MR) is 129 cm³/mol. The maximum Gasteiger partial charge on any atom is 0.295 e. The van der Waals surface area contributed by atoms with Crippen LogP contribution in [0.4, 0.5) is 5.82 Å². The van der Waals surface area contributed by atoms with Crippen molar-refractivity contribution in [1.82, 2.24) is 24.3 Å². The summed E-state index contributed by atoms with van der Waals surface area (Å²) in [7, 11) is 0. The lowest BCUT2D eigenvalue weighted by Gasteiger charge is -2.42. The Morgan fingerprint density at radius 3 is 2.58 bits per heavy atom. The van der Waals surface area contributed by atoms with Crippen LogP contribution in [-0.2, 0) is 11.3 Å². The lowest BCUT2D eigenvalue weighted by atomic mass is 9.93. The average Bonchev–Trinajstić information content (AvgIpc) is 2.88. The quantitative estimate of drug-likeness (QED) is 0.710. The molecule has 2 aliphatic heterocycles. The van der Waals surface area contributed by atoms with Gasteiger partial charge in [-0.1, -0.05) is 19.3 Å². The van der Waals surface area contributed by atoms with Crippen LogP contribution in [0.5, 0.6) is 0 Å². The summed E-state index contributed by atoms with van der Waals surface area (Å²) in [5.74, 6) is 0.638. The Labute approximate surface area is 195 Å². The number of piperidine rings is 1. The van der Waals surface area contributed by atoms with E-state index < -0.39 is 0 Å². The molecular weight excluding hydrogens is 416 g/mol. The Bertz CT molecular complexity index is 1040. The van der Waals surface area contributed by atoms with Crippen LogP contribution in [0.2, 0.25) is 0 Å². The summed E-state index contributed by atoms with van der Waals surface area (Å²) in [4.78, 5) is 42.3. The number of anilines is 1. The molecule has 4 heterocycles. The smallest absolute Gasteiger partial charge is 0.295 e. The number of hydrogen-bond donors (Lipinski definition) is 0. The number of nitrogens with zero attached hydrogens (tertiary/aromatic N) is 6. The normalized spacial score (nSPS) is 23.2. The van der Waals surface area contributed by atoms with Crippen LogP contribution in [-0.4, -0.2) is 75.6 Å². The summed E-state index contributed by atoms with van der Waals surface area (Å²) in [5.41, 5.74) is 1.23. The molecule has 1 unspecified atom stereocenters. The SMILES string of the molecule is CCn1c(=O)c(N2CCCC(C(=O)N3CCN(C4CCCCC4)CC3)C2)nc2cccnc21. The third-order valence-electron chi connectivity index (χ3n) is 7.79. The zero-order valence-corrected chi connectivity index (χ0v) is 19.8. The van der Waals surface area contributed by atoms with Crippen molar-refractivity contribution in [2.24, 2.45) is 5.92 Å². The molecule has 1 saturated carbocycles. The van der Waals surface area contributed by atoms with Crippen LogP contribution in [0, 0.1) is 5.92 Å². The van der Waals surface area contributed by atoms with Crippen molar-refractivity contribution in [2.45, 2.75) is 64.5 Å². The maximum atomic E-state index is 13.4. The molecule has 0 bridgehead atoms. The van der Waals surface area contributed by atoms with Gasteiger partial charge in [-0.05, 0) is 44.7 Å². The number of carbonyl (C=O) groups is 1. The van der Waals surface area contributed by atoms with E-state index in [-0.39, 0.29) is 17.4 Å². The summed E-state index contributed by atoms with van der Waals surface area (Å²) < 4.78 is 1.69. The van der Waals surface area contributed by atoms with Crippen LogP contribution in [0.25, 0.3) is 11.2 Å². The van der Waals surface area contributed by atoms with Crippen LogP contribution in [0.15, 0.2) is 23.1 Å². The van der Waals surface area contributed by atoms with Gasteiger partial charge in [0.1, 0.15) is 5.52 Å². The molecule has 1 amide bonds. The van der Waals surface area contributed by atoms with Crippen LogP contribution < -0.4 is 10.5 Å². The molecule has 8 heteroatoms. The first-order chi connectivity index (χ1) is 16.2. The molecular formula is C25H36N6O2. The van der Waals surface area contributed by atoms with Crippen LogP contribution in [0.3, 0.4) is 0 Å². The molecule has 0 radical (unpaired) electrons. The van der Waals surface area contributed by atoms with E-state index in [4.69, 9.17) is 0 Å². The van der Waals surface area contributed by atoms with E-state index in [9.17, 15) is 9.59 Å². The van der Waals surface area contributed by atoms with Gasteiger partial charge in [-0.25, -0.2) is 9.97 Å². The van der Waals surface area contributed by atoms with Gasteiger partial charge < -0.3 is 9.80 Å². The van der Waals surface area contributed by atoms with E-state index in [1.165, 1.54) is 32.1 Å². The molecule has 5 rings (SSSR count). The van der Waals surface area contributed by atoms with E-state index in [2.05, 4.69) is 19.8 Å². The van der Waals surface area contributed by atoms with E-state index in [1.54, 1.807) is 10.8 Å². The van der Waals surface area contributed by atoms with Crippen molar-refractivity contribution in [3.63, 3.8) is 0 Å². The Kier molecular flexibility index (Phi) is 6.62. The van der Waals surface area contributed by atoms with Gasteiger partial charge in [-0.15, -0.1) is 0 Å². The fourth-order valence-electron chi connectivity index (χ4n) is 5.94. The lowest BCUT2D eigenvalue weighted by Crippen LogP contribution is -2.55. The maximum absolute atomic E-state index is 13.4. The highest BCUT2D eigenvalue weighted by atomic mass is 16.2. The second-order valence-corrected chi connectivity index (χ2v) is 9.77. The average molecular weight is 453 g/mol. The molecule has 0 spiro atoms. The third-order valence-corrected chi connectivity index (χ3v) is 7.79. The zero-order chi connectivity index (χ0) is 22.8. The minimum atomic E-state index is -0.113.